The second-order valence-corrected chi connectivity index (χ2v) is 4.60. The van der Waals surface area contributed by atoms with Gasteiger partial charge in [-0.1, -0.05) is 0 Å². The molecule has 0 bridgehead atoms. The second kappa shape index (κ2) is 4.21. The first-order valence-corrected chi connectivity index (χ1v) is 5.34. The predicted octanol–water partition coefficient (Wildman–Crippen LogP) is 2.26. The van der Waals surface area contributed by atoms with Crippen LogP contribution >= 0.6 is 27.3 Å². The van der Waals surface area contributed by atoms with E-state index in [2.05, 4.69) is 15.9 Å². The summed E-state index contributed by atoms with van der Waals surface area (Å²) in [5.74, 6) is -1.76. The van der Waals surface area contributed by atoms with Crippen molar-refractivity contribution in [3.8, 4) is 0 Å². The summed E-state index contributed by atoms with van der Waals surface area (Å²) in [7, 11) is 0. The highest BCUT2D eigenvalue weighted by Crippen LogP contribution is 2.29. The van der Waals surface area contributed by atoms with Gasteiger partial charge in [0.05, 0.1) is 5.92 Å². The van der Waals surface area contributed by atoms with Crippen molar-refractivity contribution in [2.75, 3.05) is 0 Å². The number of thiophene rings is 1. The smallest absolute Gasteiger partial charge is 0.309 e. The van der Waals surface area contributed by atoms with Crippen LogP contribution in [0.4, 0.5) is 0 Å². The number of hydrogen-bond donors (Lipinski definition) is 2. The molecule has 1 heterocycles. The molecule has 2 unspecified atom stereocenters. The maximum absolute atomic E-state index is 10.6. The van der Waals surface area contributed by atoms with Gasteiger partial charge in [-0.2, -0.15) is 0 Å². The van der Waals surface area contributed by atoms with Crippen molar-refractivity contribution in [3.05, 3.63) is 20.8 Å². The molecule has 1 aromatic heterocycles. The topological polar surface area (TPSA) is 57.5 Å². The lowest BCUT2D eigenvalue weighted by Gasteiger charge is -2.12. The average molecular weight is 265 g/mol. The summed E-state index contributed by atoms with van der Waals surface area (Å²) < 4.78 is 0.865. The normalized spacial score (nSPS) is 15.3. The third kappa shape index (κ3) is 2.52. The molecule has 0 amide bonds. The van der Waals surface area contributed by atoms with Gasteiger partial charge in [-0.3, -0.25) is 4.79 Å². The summed E-state index contributed by atoms with van der Waals surface area (Å²) >= 11 is 4.58. The predicted molar refractivity (Wildman–Crippen MR) is 53.8 cm³/mol. The summed E-state index contributed by atoms with van der Waals surface area (Å²) in [4.78, 5) is 11.2. The van der Waals surface area contributed by atoms with E-state index in [1.165, 1.54) is 18.3 Å². The van der Waals surface area contributed by atoms with Crippen LogP contribution in [-0.2, 0) is 4.79 Å². The van der Waals surface area contributed by atoms with Crippen LogP contribution in [0.3, 0.4) is 0 Å². The van der Waals surface area contributed by atoms with Crippen LogP contribution in [0.2, 0.25) is 0 Å². The fourth-order valence-electron chi connectivity index (χ4n) is 0.865. The van der Waals surface area contributed by atoms with Crippen LogP contribution in [0.15, 0.2) is 15.9 Å². The van der Waals surface area contributed by atoms with Crippen molar-refractivity contribution >= 4 is 33.2 Å². The minimum atomic E-state index is -0.989. The van der Waals surface area contributed by atoms with Crippen molar-refractivity contribution < 1.29 is 15.0 Å². The molecule has 72 valence electrons. The maximum Gasteiger partial charge on any atom is 0.309 e. The number of rotatable bonds is 3. The summed E-state index contributed by atoms with van der Waals surface area (Å²) in [5, 5.41) is 20.0. The van der Waals surface area contributed by atoms with Crippen LogP contribution in [0, 0.1) is 5.92 Å². The number of carbonyl (C=O) groups is 1. The van der Waals surface area contributed by atoms with Gasteiger partial charge in [0.2, 0.25) is 0 Å². The molecule has 0 fully saturated rings. The lowest BCUT2D eigenvalue weighted by molar-refractivity contribution is -0.144. The fraction of sp³-hybridized carbons (Fsp3) is 0.375. The van der Waals surface area contributed by atoms with Gasteiger partial charge in [-0.15, -0.1) is 11.3 Å². The number of carboxylic acid groups (broad SMARTS) is 1. The third-order valence-corrected chi connectivity index (χ3v) is 3.51. The Kier molecular flexibility index (Phi) is 3.47. The van der Waals surface area contributed by atoms with Crippen LogP contribution in [0.25, 0.3) is 0 Å². The second-order valence-electron chi connectivity index (χ2n) is 2.74. The van der Waals surface area contributed by atoms with Crippen LogP contribution in [0.1, 0.15) is 17.9 Å². The monoisotopic (exact) mass is 264 g/mol. The molecule has 0 saturated carbocycles. The van der Waals surface area contributed by atoms with Gasteiger partial charge in [0.15, 0.2) is 0 Å². The van der Waals surface area contributed by atoms with E-state index >= 15 is 0 Å². The van der Waals surface area contributed by atoms with E-state index in [-0.39, 0.29) is 0 Å². The van der Waals surface area contributed by atoms with E-state index in [1.807, 2.05) is 5.38 Å². The summed E-state index contributed by atoms with van der Waals surface area (Å²) in [5.41, 5.74) is 0. The highest BCUT2D eigenvalue weighted by atomic mass is 79.9. The standard InChI is InChI=1S/C8H9BrO3S/c1-4(8(11)12)7(10)6-2-5(9)3-13-6/h2-4,7,10H,1H3,(H,11,12). The van der Waals surface area contributed by atoms with Crippen molar-refractivity contribution in [3.63, 3.8) is 0 Å². The largest absolute Gasteiger partial charge is 0.481 e. The SMILES string of the molecule is CC(C(=O)O)C(O)c1cc(Br)cs1. The average Bonchev–Trinajstić information content (AvgIpc) is 2.49. The first-order valence-electron chi connectivity index (χ1n) is 3.67. The Labute approximate surface area is 88.1 Å². The molecule has 0 aromatic carbocycles. The number of hydrogen-bond acceptors (Lipinski definition) is 3. The number of aliphatic hydroxyl groups excluding tert-OH is 1. The lowest BCUT2D eigenvalue weighted by Crippen LogP contribution is -2.17. The van der Waals surface area contributed by atoms with Crippen molar-refractivity contribution in [1.29, 1.82) is 0 Å². The minimum Gasteiger partial charge on any atom is -0.481 e. The van der Waals surface area contributed by atoms with E-state index in [4.69, 9.17) is 5.11 Å². The zero-order valence-corrected chi connectivity index (χ0v) is 9.30. The van der Waals surface area contributed by atoms with Crippen molar-refractivity contribution in [1.82, 2.24) is 0 Å². The molecular weight excluding hydrogens is 256 g/mol. The molecule has 0 aliphatic heterocycles. The third-order valence-electron chi connectivity index (χ3n) is 1.74. The molecule has 3 nitrogen and oxygen atoms in total. The van der Waals surface area contributed by atoms with E-state index in [0.717, 1.165) is 4.47 Å². The van der Waals surface area contributed by atoms with E-state index in [9.17, 15) is 9.90 Å². The highest BCUT2D eigenvalue weighted by molar-refractivity contribution is 9.10. The molecule has 0 aliphatic carbocycles. The number of halogens is 1. The zero-order chi connectivity index (χ0) is 10.0. The Balaban J connectivity index is 2.78. The van der Waals surface area contributed by atoms with Crippen LogP contribution in [-0.4, -0.2) is 16.2 Å². The number of aliphatic carboxylic acids is 1. The highest BCUT2D eigenvalue weighted by Gasteiger charge is 2.23. The molecule has 5 heteroatoms. The molecule has 0 spiro atoms. The molecule has 0 saturated heterocycles. The quantitative estimate of drug-likeness (QED) is 0.881. The molecule has 0 radical (unpaired) electrons. The first-order chi connectivity index (χ1) is 6.02. The van der Waals surface area contributed by atoms with Crippen LogP contribution < -0.4 is 0 Å². The van der Waals surface area contributed by atoms with Gasteiger partial charge in [-0.05, 0) is 28.9 Å². The molecule has 1 aromatic rings. The molecular formula is C8H9BrO3S. The van der Waals surface area contributed by atoms with Gasteiger partial charge >= 0.3 is 5.97 Å². The fourth-order valence-corrected chi connectivity index (χ4v) is 2.40. The molecule has 2 atom stereocenters. The van der Waals surface area contributed by atoms with Crippen LogP contribution in [0.5, 0.6) is 0 Å². The Morgan fingerprint density at radius 3 is 2.69 bits per heavy atom. The Hall–Kier alpha value is -0.390. The van der Waals surface area contributed by atoms with Crippen molar-refractivity contribution in [2.24, 2.45) is 5.92 Å². The number of carboxylic acids is 1. The number of aliphatic hydroxyl groups is 1. The lowest BCUT2D eigenvalue weighted by atomic mass is 10.0. The first kappa shape index (κ1) is 10.7. The summed E-state index contributed by atoms with van der Waals surface area (Å²) in [6.45, 7) is 1.49. The maximum atomic E-state index is 10.6. The minimum absolute atomic E-state index is 0.668. The van der Waals surface area contributed by atoms with Gasteiger partial charge < -0.3 is 10.2 Å². The van der Waals surface area contributed by atoms with Gasteiger partial charge in [0.25, 0.3) is 0 Å². The Morgan fingerprint density at radius 1 is 1.69 bits per heavy atom. The summed E-state index contributed by atoms with van der Waals surface area (Å²) in [6.07, 6.45) is -0.922. The van der Waals surface area contributed by atoms with Gasteiger partial charge in [0, 0.05) is 14.7 Å². The molecule has 13 heavy (non-hydrogen) atoms. The zero-order valence-electron chi connectivity index (χ0n) is 6.90. The molecule has 0 aliphatic rings. The molecule has 2 N–H and O–H groups in total. The van der Waals surface area contributed by atoms with E-state index in [0.29, 0.717) is 4.88 Å². The van der Waals surface area contributed by atoms with Crippen molar-refractivity contribution in [2.45, 2.75) is 13.0 Å². The molecule has 1 rings (SSSR count). The van der Waals surface area contributed by atoms with Gasteiger partial charge in [-0.25, -0.2) is 0 Å². The van der Waals surface area contributed by atoms with E-state index in [1.54, 1.807) is 6.07 Å². The summed E-state index contributed by atoms with van der Waals surface area (Å²) in [6, 6.07) is 1.73. The van der Waals surface area contributed by atoms with E-state index < -0.39 is 18.0 Å². The van der Waals surface area contributed by atoms with Gasteiger partial charge in [0.1, 0.15) is 6.10 Å². The Morgan fingerprint density at radius 2 is 2.31 bits per heavy atom. The Bertz CT molecular complexity index is 310.